The van der Waals surface area contributed by atoms with Crippen LogP contribution in [0.1, 0.15) is 38.5 Å². The molecule has 1 heterocycles. The molecule has 2 aliphatic rings. The van der Waals surface area contributed by atoms with Gasteiger partial charge in [0.2, 0.25) is 5.91 Å². The zero-order valence-electron chi connectivity index (χ0n) is 10.5. The van der Waals surface area contributed by atoms with Crippen LogP contribution in [0, 0.1) is 5.92 Å². The summed E-state index contributed by atoms with van der Waals surface area (Å²) in [7, 11) is 0. The quantitative estimate of drug-likeness (QED) is 0.755. The Bertz CT molecular complexity index is 234. The number of rotatable bonds is 5. The van der Waals surface area contributed by atoms with Crippen LogP contribution in [0.15, 0.2) is 0 Å². The van der Waals surface area contributed by atoms with Gasteiger partial charge in [0.05, 0.1) is 6.10 Å². The van der Waals surface area contributed by atoms with Crippen molar-refractivity contribution >= 4 is 5.91 Å². The van der Waals surface area contributed by atoms with Gasteiger partial charge < -0.3 is 15.4 Å². The third-order valence-electron chi connectivity index (χ3n) is 3.80. The van der Waals surface area contributed by atoms with E-state index in [-0.39, 0.29) is 18.6 Å². The third-order valence-corrected chi connectivity index (χ3v) is 3.80. The molecule has 2 fully saturated rings. The number of amides is 1. The maximum absolute atomic E-state index is 11.6. The first-order valence-corrected chi connectivity index (χ1v) is 6.93. The molecule has 1 aliphatic carbocycles. The molecule has 17 heavy (non-hydrogen) atoms. The molecule has 0 atom stereocenters. The standard InChI is InChI=1S/C13H24N2O2/c16-13(15-9-11-3-1-2-4-11)10-17-12-5-7-14-8-6-12/h11-12,14H,1-10H2,(H,15,16). The molecule has 0 radical (unpaired) electrons. The van der Waals surface area contributed by atoms with Crippen LogP contribution in [-0.2, 0) is 9.53 Å². The lowest BCUT2D eigenvalue weighted by Gasteiger charge is -2.22. The fraction of sp³-hybridized carbons (Fsp3) is 0.923. The highest BCUT2D eigenvalue weighted by Gasteiger charge is 2.17. The van der Waals surface area contributed by atoms with Crippen LogP contribution in [-0.4, -0.2) is 38.3 Å². The Kier molecular flexibility index (Phi) is 5.26. The van der Waals surface area contributed by atoms with Gasteiger partial charge in [-0.15, -0.1) is 0 Å². The van der Waals surface area contributed by atoms with E-state index < -0.39 is 0 Å². The molecule has 98 valence electrons. The van der Waals surface area contributed by atoms with Crippen molar-refractivity contribution in [3.8, 4) is 0 Å². The molecule has 0 aromatic rings. The maximum Gasteiger partial charge on any atom is 0.246 e. The molecule has 0 bridgehead atoms. The molecule has 0 unspecified atom stereocenters. The van der Waals surface area contributed by atoms with Crippen molar-refractivity contribution in [3.63, 3.8) is 0 Å². The average molecular weight is 240 g/mol. The maximum atomic E-state index is 11.6. The van der Waals surface area contributed by atoms with Crippen molar-refractivity contribution in [2.75, 3.05) is 26.2 Å². The molecule has 0 aromatic carbocycles. The van der Waals surface area contributed by atoms with Gasteiger partial charge in [0.15, 0.2) is 0 Å². The number of piperidine rings is 1. The second-order valence-corrected chi connectivity index (χ2v) is 5.21. The summed E-state index contributed by atoms with van der Waals surface area (Å²) in [5.74, 6) is 0.758. The van der Waals surface area contributed by atoms with E-state index in [0.717, 1.165) is 32.5 Å². The van der Waals surface area contributed by atoms with Gasteiger partial charge in [-0.25, -0.2) is 0 Å². The van der Waals surface area contributed by atoms with E-state index in [1.807, 2.05) is 0 Å². The van der Waals surface area contributed by atoms with Crippen LogP contribution in [0.4, 0.5) is 0 Å². The molecule has 4 nitrogen and oxygen atoms in total. The highest BCUT2D eigenvalue weighted by Crippen LogP contribution is 2.23. The summed E-state index contributed by atoms with van der Waals surface area (Å²) in [5.41, 5.74) is 0. The van der Waals surface area contributed by atoms with Gasteiger partial charge in [-0.1, -0.05) is 12.8 Å². The lowest BCUT2D eigenvalue weighted by atomic mass is 10.1. The van der Waals surface area contributed by atoms with Crippen molar-refractivity contribution in [1.82, 2.24) is 10.6 Å². The SMILES string of the molecule is O=C(COC1CCNCC1)NCC1CCCC1. The minimum atomic E-state index is 0.0513. The lowest BCUT2D eigenvalue weighted by molar-refractivity contribution is -0.128. The second kappa shape index (κ2) is 6.97. The Labute approximate surface area is 103 Å². The number of nitrogens with one attached hydrogen (secondary N) is 2. The number of carbonyl (C=O) groups is 1. The highest BCUT2D eigenvalue weighted by molar-refractivity contribution is 5.77. The summed E-state index contributed by atoms with van der Waals surface area (Å²) in [5, 5.41) is 6.27. The zero-order valence-corrected chi connectivity index (χ0v) is 10.5. The average Bonchev–Trinajstić information content (AvgIpc) is 2.88. The molecule has 0 aromatic heterocycles. The van der Waals surface area contributed by atoms with Crippen molar-refractivity contribution in [3.05, 3.63) is 0 Å². The van der Waals surface area contributed by atoms with E-state index in [1.54, 1.807) is 0 Å². The summed E-state index contributed by atoms with van der Waals surface area (Å²) in [4.78, 5) is 11.6. The number of hydrogen-bond acceptors (Lipinski definition) is 3. The molecule has 1 saturated heterocycles. The molecule has 1 amide bonds. The normalized spacial score (nSPS) is 22.8. The van der Waals surface area contributed by atoms with Crippen LogP contribution >= 0.6 is 0 Å². The summed E-state index contributed by atoms with van der Waals surface area (Å²) in [6.07, 6.45) is 7.52. The lowest BCUT2D eigenvalue weighted by Crippen LogP contribution is -2.36. The van der Waals surface area contributed by atoms with Gasteiger partial charge in [-0.3, -0.25) is 4.79 Å². The van der Waals surface area contributed by atoms with Crippen LogP contribution in [0.5, 0.6) is 0 Å². The topological polar surface area (TPSA) is 50.4 Å². The Hall–Kier alpha value is -0.610. The van der Waals surface area contributed by atoms with E-state index in [9.17, 15) is 4.79 Å². The van der Waals surface area contributed by atoms with Gasteiger partial charge >= 0.3 is 0 Å². The van der Waals surface area contributed by atoms with Gasteiger partial charge in [0.25, 0.3) is 0 Å². The van der Waals surface area contributed by atoms with Crippen molar-refractivity contribution < 1.29 is 9.53 Å². The molecule has 2 rings (SSSR count). The minimum Gasteiger partial charge on any atom is -0.368 e. The Balaban J connectivity index is 1.53. The summed E-state index contributed by atoms with van der Waals surface area (Å²) < 4.78 is 5.61. The molecule has 1 aliphatic heterocycles. The monoisotopic (exact) mass is 240 g/mol. The molecular weight excluding hydrogens is 216 g/mol. The highest BCUT2D eigenvalue weighted by atomic mass is 16.5. The molecular formula is C13H24N2O2. The van der Waals surface area contributed by atoms with Gasteiger partial charge in [-0.05, 0) is 44.7 Å². The Morgan fingerprint density at radius 2 is 1.88 bits per heavy atom. The third kappa shape index (κ3) is 4.64. The first kappa shape index (κ1) is 12.8. The van der Waals surface area contributed by atoms with E-state index in [4.69, 9.17) is 4.74 Å². The van der Waals surface area contributed by atoms with Crippen LogP contribution in [0.2, 0.25) is 0 Å². The zero-order chi connectivity index (χ0) is 11.9. The van der Waals surface area contributed by atoms with E-state index in [1.165, 1.54) is 25.7 Å². The first-order chi connectivity index (χ1) is 8.34. The predicted octanol–water partition coefficient (Wildman–Crippen LogP) is 1.06. The number of carbonyl (C=O) groups excluding carboxylic acids is 1. The van der Waals surface area contributed by atoms with Crippen LogP contribution < -0.4 is 10.6 Å². The molecule has 0 spiro atoms. The first-order valence-electron chi connectivity index (χ1n) is 6.93. The smallest absolute Gasteiger partial charge is 0.246 e. The molecule has 2 N–H and O–H groups in total. The minimum absolute atomic E-state index is 0.0513. The second-order valence-electron chi connectivity index (χ2n) is 5.21. The van der Waals surface area contributed by atoms with Crippen molar-refractivity contribution in [1.29, 1.82) is 0 Å². The predicted molar refractivity (Wildman–Crippen MR) is 66.8 cm³/mol. The number of hydrogen-bond donors (Lipinski definition) is 2. The van der Waals surface area contributed by atoms with Crippen molar-refractivity contribution in [2.24, 2.45) is 5.92 Å². The Morgan fingerprint density at radius 3 is 2.59 bits per heavy atom. The summed E-state index contributed by atoms with van der Waals surface area (Å²) in [6.45, 7) is 3.09. The van der Waals surface area contributed by atoms with E-state index in [0.29, 0.717) is 5.92 Å². The van der Waals surface area contributed by atoms with Crippen LogP contribution in [0.3, 0.4) is 0 Å². The molecule has 4 heteroatoms. The van der Waals surface area contributed by atoms with Gasteiger partial charge in [0, 0.05) is 6.54 Å². The van der Waals surface area contributed by atoms with E-state index >= 15 is 0 Å². The fourth-order valence-electron chi connectivity index (χ4n) is 2.68. The largest absolute Gasteiger partial charge is 0.368 e. The van der Waals surface area contributed by atoms with Crippen LogP contribution in [0.25, 0.3) is 0 Å². The van der Waals surface area contributed by atoms with Gasteiger partial charge in [0.1, 0.15) is 6.61 Å². The van der Waals surface area contributed by atoms with Gasteiger partial charge in [-0.2, -0.15) is 0 Å². The Morgan fingerprint density at radius 1 is 1.18 bits per heavy atom. The summed E-state index contributed by atoms with van der Waals surface area (Å²) in [6, 6.07) is 0. The van der Waals surface area contributed by atoms with E-state index in [2.05, 4.69) is 10.6 Å². The molecule has 1 saturated carbocycles. The van der Waals surface area contributed by atoms with Crippen molar-refractivity contribution in [2.45, 2.75) is 44.6 Å². The number of ether oxygens (including phenoxy) is 1. The summed E-state index contributed by atoms with van der Waals surface area (Å²) >= 11 is 0. The fourth-order valence-corrected chi connectivity index (χ4v) is 2.68.